The van der Waals surface area contributed by atoms with Crippen LogP contribution in [0.4, 0.5) is 5.69 Å². The van der Waals surface area contributed by atoms with E-state index in [1.165, 1.54) is 16.7 Å². The van der Waals surface area contributed by atoms with Crippen molar-refractivity contribution >= 4 is 5.69 Å². The van der Waals surface area contributed by atoms with Crippen molar-refractivity contribution in [3.05, 3.63) is 56.1 Å². The van der Waals surface area contributed by atoms with Crippen molar-refractivity contribution in [2.45, 2.75) is 19.9 Å². The number of aromatic amines is 1. The first-order valence-electron chi connectivity index (χ1n) is 5.77. The van der Waals surface area contributed by atoms with E-state index in [9.17, 15) is 20.0 Å². The number of nitro benzene ring substituents is 1. The summed E-state index contributed by atoms with van der Waals surface area (Å²) in [5, 5.41) is 20.2. The fourth-order valence-electron chi connectivity index (χ4n) is 1.93. The van der Waals surface area contributed by atoms with Crippen LogP contribution in [-0.2, 0) is 13.0 Å². The Kier molecular flexibility index (Phi) is 3.37. The molecule has 19 heavy (non-hydrogen) atoms. The Morgan fingerprint density at radius 2 is 2.00 bits per heavy atom. The molecule has 1 heterocycles. The lowest BCUT2D eigenvalue weighted by Crippen LogP contribution is -2.17. The van der Waals surface area contributed by atoms with Crippen LogP contribution in [0.1, 0.15) is 18.2 Å². The van der Waals surface area contributed by atoms with Gasteiger partial charge in [-0.25, -0.2) is 4.79 Å². The molecule has 0 spiro atoms. The number of hydrogen-bond acceptors (Lipinski definition) is 4. The summed E-state index contributed by atoms with van der Waals surface area (Å²) in [6, 6.07) is 6.00. The zero-order valence-corrected chi connectivity index (χ0v) is 10.3. The second-order valence-electron chi connectivity index (χ2n) is 4.07. The number of nitrogens with zero attached hydrogens (tertiary/aromatic N) is 2. The van der Waals surface area contributed by atoms with E-state index in [1.807, 2.05) is 0 Å². The number of hydrogen-bond donors (Lipinski definition) is 2. The molecule has 0 saturated carbocycles. The maximum atomic E-state index is 11.5. The van der Waals surface area contributed by atoms with Gasteiger partial charge in [0.1, 0.15) is 0 Å². The topological polar surface area (TPSA) is 101 Å². The molecular weight excluding hydrogens is 250 g/mol. The Balaban J connectivity index is 2.31. The summed E-state index contributed by atoms with van der Waals surface area (Å²) in [5.41, 5.74) is 0.898. The quantitative estimate of drug-likeness (QED) is 0.643. The monoisotopic (exact) mass is 263 g/mol. The summed E-state index contributed by atoms with van der Waals surface area (Å²) in [6.45, 7) is 2.24. The molecule has 0 fully saturated rings. The highest BCUT2D eigenvalue weighted by Crippen LogP contribution is 2.19. The number of aromatic nitrogens is 2. The van der Waals surface area contributed by atoms with Crippen molar-refractivity contribution in [2.24, 2.45) is 0 Å². The Morgan fingerprint density at radius 1 is 1.37 bits per heavy atom. The fraction of sp³-hybridized carbons (Fsp3) is 0.250. The molecule has 0 aliphatic heterocycles. The van der Waals surface area contributed by atoms with E-state index in [2.05, 4.69) is 4.98 Å². The number of imidazole rings is 1. The van der Waals surface area contributed by atoms with Crippen molar-refractivity contribution in [1.82, 2.24) is 9.55 Å². The first-order valence-corrected chi connectivity index (χ1v) is 5.77. The summed E-state index contributed by atoms with van der Waals surface area (Å²) in [5.74, 6) is -0.162. The minimum Gasteiger partial charge on any atom is -0.493 e. The van der Waals surface area contributed by atoms with Crippen LogP contribution < -0.4 is 5.69 Å². The van der Waals surface area contributed by atoms with E-state index >= 15 is 0 Å². The molecule has 0 radical (unpaired) electrons. The summed E-state index contributed by atoms with van der Waals surface area (Å²) >= 11 is 0. The lowest BCUT2D eigenvalue weighted by molar-refractivity contribution is -0.384. The van der Waals surface area contributed by atoms with Crippen LogP contribution in [0.3, 0.4) is 0 Å². The lowest BCUT2D eigenvalue weighted by Gasteiger charge is -2.05. The van der Waals surface area contributed by atoms with E-state index in [0.29, 0.717) is 18.7 Å². The molecule has 1 aromatic heterocycles. The van der Waals surface area contributed by atoms with Crippen molar-refractivity contribution in [3.63, 3.8) is 0 Å². The van der Waals surface area contributed by atoms with Gasteiger partial charge in [0.05, 0.1) is 10.6 Å². The second-order valence-corrected chi connectivity index (χ2v) is 4.07. The van der Waals surface area contributed by atoms with Gasteiger partial charge in [0, 0.05) is 25.1 Å². The smallest absolute Gasteiger partial charge is 0.328 e. The number of non-ortho nitro benzene ring substituents is 1. The van der Waals surface area contributed by atoms with Crippen molar-refractivity contribution in [3.8, 4) is 5.88 Å². The Hall–Kier alpha value is -2.57. The third kappa shape index (κ3) is 2.49. The van der Waals surface area contributed by atoms with Crippen LogP contribution in [0.15, 0.2) is 29.1 Å². The maximum Gasteiger partial charge on any atom is 0.328 e. The van der Waals surface area contributed by atoms with Gasteiger partial charge in [0.15, 0.2) is 0 Å². The number of nitrogens with one attached hydrogen (secondary N) is 1. The molecule has 2 N–H and O–H groups in total. The largest absolute Gasteiger partial charge is 0.493 e. The molecule has 0 atom stereocenters. The number of nitro groups is 1. The number of benzene rings is 1. The highest BCUT2D eigenvalue weighted by atomic mass is 16.6. The highest BCUT2D eigenvalue weighted by molar-refractivity contribution is 5.35. The van der Waals surface area contributed by atoms with Crippen LogP contribution in [-0.4, -0.2) is 19.6 Å². The standard InChI is InChI=1S/C12H13N3O4/c1-2-14-10(11(16)13-12(14)17)7-8-3-5-9(6-4-8)15(18)19/h3-6,16H,2,7H2,1H3,(H,13,17). The van der Waals surface area contributed by atoms with Crippen LogP contribution in [0, 0.1) is 10.1 Å². The molecule has 7 heteroatoms. The van der Waals surface area contributed by atoms with Gasteiger partial charge in [-0.3, -0.25) is 19.7 Å². The number of H-pyrrole nitrogens is 1. The Labute approximate surface area is 108 Å². The first kappa shape index (κ1) is 12.9. The average molecular weight is 263 g/mol. The van der Waals surface area contributed by atoms with E-state index in [4.69, 9.17) is 0 Å². The van der Waals surface area contributed by atoms with Gasteiger partial charge in [0.2, 0.25) is 5.88 Å². The van der Waals surface area contributed by atoms with Gasteiger partial charge in [-0.1, -0.05) is 12.1 Å². The van der Waals surface area contributed by atoms with Crippen LogP contribution in [0.5, 0.6) is 5.88 Å². The normalized spacial score (nSPS) is 10.6. The zero-order chi connectivity index (χ0) is 14.0. The van der Waals surface area contributed by atoms with Gasteiger partial charge in [0.25, 0.3) is 5.69 Å². The zero-order valence-electron chi connectivity index (χ0n) is 10.3. The molecule has 1 aromatic carbocycles. The molecule has 0 saturated heterocycles. The third-order valence-corrected chi connectivity index (χ3v) is 2.90. The lowest BCUT2D eigenvalue weighted by atomic mass is 10.1. The van der Waals surface area contributed by atoms with Gasteiger partial charge in [-0.15, -0.1) is 0 Å². The molecule has 0 unspecified atom stereocenters. The van der Waals surface area contributed by atoms with Crippen molar-refractivity contribution < 1.29 is 10.0 Å². The van der Waals surface area contributed by atoms with Gasteiger partial charge in [-0.2, -0.15) is 0 Å². The average Bonchev–Trinajstić information content (AvgIpc) is 2.64. The second kappa shape index (κ2) is 4.97. The Morgan fingerprint density at radius 3 is 2.53 bits per heavy atom. The van der Waals surface area contributed by atoms with Crippen LogP contribution in [0.25, 0.3) is 0 Å². The molecule has 2 aromatic rings. The van der Waals surface area contributed by atoms with Crippen LogP contribution >= 0.6 is 0 Å². The minimum absolute atomic E-state index is 0.00919. The molecule has 2 rings (SSSR count). The molecule has 0 aliphatic carbocycles. The predicted molar refractivity (Wildman–Crippen MR) is 68.3 cm³/mol. The summed E-state index contributed by atoms with van der Waals surface area (Å²) in [6.07, 6.45) is 0.330. The van der Waals surface area contributed by atoms with E-state index in [1.54, 1.807) is 19.1 Å². The predicted octanol–water partition coefficient (Wildman–Crippen LogP) is 1.40. The minimum atomic E-state index is -0.473. The van der Waals surface area contributed by atoms with E-state index in [-0.39, 0.29) is 17.3 Å². The molecule has 0 aliphatic rings. The highest BCUT2D eigenvalue weighted by Gasteiger charge is 2.13. The van der Waals surface area contributed by atoms with E-state index in [0.717, 1.165) is 5.56 Å². The SMILES string of the molecule is CCn1c(Cc2ccc([N+](=O)[O-])cc2)c(O)[nH]c1=O. The van der Waals surface area contributed by atoms with Crippen molar-refractivity contribution in [1.29, 1.82) is 0 Å². The molecule has 7 nitrogen and oxygen atoms in total. The summed E-state index contributed by atoms with van der Waals surface area (Å²) in [4.78, 5) is 23.9. The van der Waals surface area contributed by atoms with Gasteiger partial charge in [-0.05, 0) is 12.5 Å². The van der Waals surface area contributed by atoms with Crippen LogP contribution in [0.2, 0.25) is 0 Å². The Bertz CT molecular complexity index is 655. The summed E-state index contributed by atoms with van der Waals surface area (Å²) in [7, 11) is 0. The van der Waals surface area contributed by atoms with Crippen molar-refractivity contribution in [2.75, 3.05) is 0 Å². The molecule has 100 valence electrons. The fourth-order valence-corrected chi connectivity index (χ4v) is 1.93. The first-order chi connectivity index (χ1) is 9.02. The molecule has 0 amide bonds. The van der Waals surface area contributed by atoms with Gasteiger partial charge < -0.3 is 5.11 Å². The van der Waals surface area contributed by atoms with E-state index < -0.39 is 4.92 Å². The number of rotatable bonds is 4. The van der Waals surface area contributed by atoms with Gasteiger partial charge >= 0.3 is 5.69 Å². The third-order valence-electron chi connectivity index (χ3n) is 2.90. The number of aromatic hydroxyl groups is 1. The maximum absolute atomic E-state index is 11.5. The molecular formula is C12H13N3O4. The summed E-state index contributed by atoms with van der Waals surface area (Å²) < 4.78 is 1.43. The molecule has 0 bridgehead atoms.